The lowest BCUT2D eigenvalue weighted by Gasteiger charge is -2.18. The van der Waals surface area contributed by atoms with Gasteiger partial charge in [0.1, 0.15) is 5.75 Å². The number of hydrogen-bond donors (Lipinski definition) is 2. The molecule has 0 saturated carbocycles. The van der Waals surface area contributed by atoms with Crippen LogP contribution in [0.1, 0.15) is 29.6 Å². The van der Waals surface area contributed by atoms with Crippen LogP contribution in [-0.2, 0) is 4.79 Å². The first-order valence-electron chi connectivity index (χ1n) is 8.18. The molecule has 124 valence electrons. The van der Waals surface area contributed by atoms with Crippen molar-refractivity contribution < 1.29 is 14.3 Å². The average molecular weight is 317 g/mol. The summed E-state index contributed by atoms with van der Waals surface area (Å²) in [5.74, 6) is 0.530. The van der Waals surface area contributed by atoms with Crippen LogP contribution in [0.4, 0.5) is 5.69 Å². The molecule has 6 heteroatoms. The van der Waals surface area contributed by atoms with Crippen molar-refractivity contribution in [2.75, 3.05) is 38.6 Å². The van der Waals surface area contributed by atoms with Crippen molar-refractivity contribution in [2.45, 2.75) is 19.3 Å². The molecular formula is C17H23N3O3. The zero-order valence-electron chi connectivity index (χ0n) is 13.4. The molecule has 2 aliphatic heterocycles. The van der Waals surface area contributed by atoms with E-state index >= 15 is 0 Å². The monoisotopic (exact) mass is 317 g/mol. The van der Waals surface area contributed by atoms with Crippen LogP contribution in [0.3, 0.4) is 0 Å². The molecule has 0 spiro atoms. The Bertz CT molecular complexity index is 591. The number of ether oxygens (including phenoxy) is 1. The Balaban J connectivity index is 1.78. The van der Waals surface area contributed by atoms with Crippen molar-refractivity contribution >= 4 is 17.5 Å². The largest absolute Gasteiger partial charge is 0.495 e. The van der Waals surface area contributed by atoms with Crippen molar-refractivity contribution in [3.05, 3.63) is 23.8 Å². The summed E-state index contributed by atoms with van der Waals surface area (Å²) in [5.41, 5.74) is 1.15. The SMILES string of the molecule is COc1ccc(C(=O)N2CCCC2)cc1NC(=O)C1CCNC1. The summed E-state index contributed by atoms with van der Waals surface area (Å²) >= 11 is 0. The number of likely N-dealkylation sites (tertiary alicyclic amines) is 1. The summed E-state index contributed by atoms with van der Waals surface area (Å²) in [7, 11) is 1.56. The normalized spacial score (nSPS) is 20.6. The molecular weight excluding hydrogens is 294 g/mol. The number of hydrogen-bond acceptors (Lipinski definition) is 4. The van der Waals surface area contributed by atoms with E-state index < -0.39 is 0 Å². The summed E-state index contributed by atoms with van der Waals surface area (Å²) in [6.07, 6.45) is 2.95. The molecule has 2 aliphatic rings. The number of anilines is 1. The number of nitrogens with zero attached hydrogens (tertiary/aromatic N) is 1. The quantitative estimate of drug-likeness (QED) is 0.882. The molecule has 0 aliphatic carbocycles. The molecule has 0 radical (unpaired) electrons. The fraction of sp³-hybridized carbons (Fsp3) is 0.529. The number of methoxy groups -OCH3 is 1. The van der Waals surface area contributed by atoms with Gasteiger partial charge in [-0.05, 0) is 44.0 Å². The number of carbonyl (C=O) groups is 2. The second kappa shape index (κ2) is 7.00. The third-order valence-corrected chi connectivity index (χ3v) is 4.53. The molecule has 2 heterocycles. The number of rotatable bonds is 4. The summed E-state index contributed by atoms with van der Waals surface area (Å²) in [4.78, 5) is 26.7. The Labute approximate surface area is 136 Å². The van der Waals surface area contributed by atoms with Crippen LogP contribution >= 0.6 is 0 Å². The maximum Gasteiger partial charge on any atom is 0.253 e. The molecule has 0 aromatic heterocycles. The standard InChI is InChI=1S/C17H23N3O3/c1-23-15-5-4-12(17(22)20-8-2-3-9-20)10-14(15)19-16(21)13-6-7-18-11-13/h4-5,10,13,18H,2-3,6-9,11H2,1H3,(H,19,21). The highest BCUT2D eigenvalue weighted by molar-refractivity contribution is 5.99. The van der Waals surface area contributed by atoms with Crippen LogP contribution < -0.4 is 15.4 Å². The molecule has 3 rings (SSSR count). The zero-order valence-corrected chi connectivity index (χ0v) is 13.4. The maximum atomic E-state index is 12.5. The minimum atomic E-state index is -0.0300. The van der Waals surface area contributed by atoms with Gasteiger partial charge in [-0.2, -0.15) is 0 Å². The van der Waals surface area contributed by atoms with Crippen LogP contribution in [-0.4, -0.2) is 50.0 Å². The highest BCUT2D eigenvalue weighted by Gasteiger charge is 2.24. The van der Waals surface area contributed by atoms with E-state index in [1.807, 2.05) is 4.90 Å². The van der Waals surface area contributed by atoms with Crippen LogP contribution in [0.5, 0.6) is 5.75 Å². The molecule has 1 aromatic carbocycles. The first kappa shape index (κ1) is 15.8. The van der Waals surface area contributed by atoms with Crippen molar-refractivity contribution in [3.8, 4) is 5.75 Å². The van der Waals surface area contributed by atoms with Gasteiger partial charge in [-0.15, -0.1) is 0 Å². The second-order valence-corrected chi connectivity index (χ2v) is 6.09. The topological polar surface area (TPSA) is 70.7 Å². The summed E-state index contributed by atoms with van der Waals surface area (Å²) < 4.78 is 5.31. The Kier molecular flexibility index (Phi) is 4.81. The van der Waals surface area contributed by atoms with Gasteiger partial charge in [-0.3, -0.25) is 9.59 Å². The van der Waals surface area contributed by atoms with Gasteiger partial charge in [0.05, 0.1) is 18.7 Å². The van der Waals surface area contributed by atoms with Gasteiger partial charge >= 0.3 is 0 Å². The van der Waals surface area contributed by atoms with E-state index in [1.54, 1.807) is 25.3 Å². The summed E-state index contributed by atoms with van der Waals surface area (Å²) in [6.45, 7) is 3.17. The van der Waals surface area contributed by atoms with Gasteiger partial charge in [0, 0.05) is 25.2 Å². The Morgan fingerprint density at radius 3 is 2.74 bits per heavy atom. The van der Waals surface area contributed by atoms with E-state index in [0.29, 0.717) is 23.5 Å². The molecule has 1 aromatic rings. The number of carbonyl (C=O) groups excluding carboxylic acids is 2. The minimum Gasteiger partial charge on any atom is -0.495 e. The van der Waals surface area contributed by atoms with Gasteiger partial charge in [-0.1, -0.05) is 0 Å². The Morgan fingerprint density at radius 1 is 1.30 bits per heavy atom. The van der Waals surface area contributed by atoms with Crippen molar-refractivity contribution in [2.24, 2.45) is 5.92 Å². The molecule has 6 nitrogen and oxygen atoms in total. The smallest absolute Gasteiger partial charge is 0.253 e. The van der Waals surface area contributed by atoms with Gasteiger partial charge in [0.2, 0.25) is 5.91 Å². The zero-order chi connectivity index (χ0) is 16.2. The van der Waals surface area contributed by atoms with Crippen LogP contribution in [0.25, 0.3) is 0 Å². The fourth-order valence-corrected chi connectivity index (χ4v) is 3.15. The second-order valence-electron chi connectivity index (χ2n) is 6.09. The highest BCUT2D eigenvalue weighted by Crippen LogP contribution is 2.27. The molecule has 0 bridgehead atoms. The van der Waals surface area contributed by atoms with Crippen molar-refractivity contribution in [3.63, 3.8) is 0 Å². The maximum absolute atomic E-state index is 12.5. The van der Waals surface area contributed by atoms with Crippen molar-refractivity contribution in [1.29, 1.82) is 0 Å². The van der Waals surface area contributed by atoms with Crippen molar-refractivity contribution in [1.82, 2.24) is 10.2 Å². The fourth-order valence-electron chi connectivity index (χ4n) is 3.15. The third-order valence-electron chi connectivity index (χ3n) is 4.53. The van der Waals surface area contributed by atoms with Gasteiger partial charge in [-0.25, -0.2) is 0 Å². The predicted octanol–water partition coefficient (Wildman–Crippen LogP) is 1.48. The molecule has 2 amide bonds. The summed E-state index contributed by atoms with van der Waals surface area (Å²) in [5, 5.41) is 6.10. The number of benzene rings is 1. The van der Waals surface area contributed by atoms with E-state index in [2.05, 4.69) is 10.6 Å². The lowest BCUT2D eigenvalue weighted by Crippen LogP contribution is -2.28. The van der Waals surface area contributed by atoms with E-state index in [-0.39, 0.29) is 17.7 Å². The molecule has 23 heavy (non-hydrogen) atoms. The molecule has 2 N–H and O–H groups in total. The first-order chi connectivity index (χ1) is 11.2. The van der Waals surface area contributed by atoms with Crippen LogP contribution in [0.15, 0.2) is 18.2 Å². The van der Waals surface area contributed by atoms with Crippen LogP contribution in [0, 0.1) is 5.92 Å². The van der Waals surface area contributed by atoms with Gasteiger partial charge < -0.3 is 20.3 Å². The third kappa shape index (κ3) is 3.47. The molecule has 2 fully saturated rings. The van der Waals surface area contributed by atoms with Crippen LogP contribution in [0.2, 0.25) is 0 Å². The number of amides is 2. The van der Waals surface area contributed by atoms with E-state index in [4.69, 9.17) is 4.74 Å². The molecule has 2 saturated heterocycles. The van der Waals surface area contributed by atoms with E-state index in [1.165, 1.54) is 0 Å². The van der Waals surface area contributed by atoms with E-state index in [9.17, 15) is 9.59 Å². The molecule has 1 unspecified atom stereocenters. The minimum absolute atomic E-state index is 0.0168. The van der Waals surface area contributed by atoms with E-state index in [0.717, 1.165) is 38.9 Å². The lowest BCUT2D eigenvalue weighted by atomic mass is 10.1. The lowest BCUT2D eigenvalue weighted by molar-refractivity contribution is -0.119. The molecule has 1 atom stereocenters. The Morgan fingerprint density at radius 2 is 2.09 bits per heavy atom. The summed E-state index contributed by atoms with van der Waals surface area (Å²) in [6, 6.07) is 5.22. The Hall–Kier alpha value is -2.08. The van der Waals surface area contributed by atoms with Gasteiger partial charge in [0.15, 0.2) is 0 Å². The first-order valence-corrected chi connectivity index (χ1v) is 8.18. The highest BCUT2D eigenvalue weighted by atomic mass is 16.5. The average Bonchev–Trinajstić information content (AvgIpc) is 3.27. The van der Waals surface area contributed by atoms with Gasteiger partial charge in [0.25, 0.3) is 5.91 Å². The number of nitrogens with one attached hydrogen (secondary N) is 2. The predicted molar refractivity (Wildman–Crippen MR) is 87.7 cm³/mol.